The minimum absolute atomic E-state index is 0.211. The van der Waals surface area contributed by atoms with Crippen LogP contribution in [0.4, 0.5) is 0 Å². The standard InChI is InChI=1S/C20H23NO2/c1-9-10(2)12(4)18(13(5)11(9)3)21-19(22)16-14-6-7-15(8-14)17(16)20(21)23/h6-7,14-15,22-23H,8H2,1-5H3. The van der Waals surface area contributed by atoms with Crippen molar-refractivity contribution in [1.82, 2.24) is 4.57 Å². The summed E-state index contributed by atoms with van der Waals surface area (Å²) in [6.07, 6.45) is 5.29. The second-order valence-electron chi connectivity index (χ2n) is 7.12. The number of hydrogen-bond donors (Lipinski definition) is 2. The van der Waals surface area contributed by atoms with Crippen molar-refractivity contribution < 1.29 is 10.2 Å². The third kappa shape index (κ3) is 1.60. The molecule has 1 heterocycles. The summed E-state index contributed by atoms with van der Waals surface area (Å²) in [5.74, 6) is 0.914. The fourth-order valence-electron chi connectivity index (χ4n) is 4.47. The van der Waals surface area contributed by atoms with Gasteiger partial charge in [0, 0.05) is 23.0 Å². The van der Waals surface area contributed by atoms with Crippen LogP contribution in [0.15, 0.2) is 12.2 Å². The van der Waals surface area contributed by atoms with Crippen molar-refractivity contribution in [2.75, 3.05) is 0 Å². The largest absolute Gasteiger partial charge is 0.494 e. The molecule has 1 aromatic carbocycles. The van der Waals surface area contributed by atoms with Crippen molar-refractivity contribution in [1.29, 1.82) is 0 Å². The highest BCUT2D eigenvalue weighted by Gasteiger charge is 2.41. The van der Waals surface area contributed by atoms with Crippen LogP contribution in [0.2, 0.25) is 0 Å². The van der Waals surface area contributed by atoms with Gasteiger partial charge in [-0.1, -0.05) is 12.2 Å². The number of aromatic hydroxyl groups is 2. The average Bonchev–Trinajstić information content (AvgIpc) is 3.20. The molecule has 0 fully saturated rings. The SMILES string of the molecule is Cc1c(C)c(C)c(-n2c(O)c3c(c2O)C2C=CC3C2)c(C)c1C. The third-order valence-electron chi connectivity index (χ3n) is 6.20. The van der Waals surface area contributed by atoms with Crippen molar-refractivity contribution in [3.8, 4) is 17.4 Å². The number of benzene rings is 1. The van der Waals surface area contributed by atoms with Crippen LogP contribution in [0.5, 0.6) is 11.8 Å². The fraction of sp³-hybridized carbons (Fsp3) is 0.400. The molecule has 3 nitrogen and oxygen atoms in total. The van der Waals surface area contributed by atoms with Gasteiger partial charge in [-0.2, -0.15) is 0 Å². The van der Waals surface area contributed by atoms with E-state index in [1.54, 1.807) is 4.57 Å². The summed E-state index contributed by atoms with van der Waals surface area (Å²) in [6.45, 7) is 10.5. The van der Waals surface area contributed by atoms with E-state index in [2.05, 4.69) is 46.8 Å². The Labute approximate surface area is 136 Å². The van der Waals surface area contributed by atoms with E-state index in [0.29, 0.717) is 0 Å². The summed E-state index contributed by atoms with van der Waals surface area (Å²) < 4.78 is 1.67. The molecule has 4 rings (SSSR count). The molecule has 3 heteroatoms. The second kappa shape index (κ2) is 4.44. The molecule has 0 radical (unpaired) electrons. The highest BCUT2D eigenvalue weighted by Crippen LogP contribution is 2.57. The maximum absolute atomic E-state index is 10.9. The number of aromatic nitrogens is 1. The van der Waals surface area contributed by atoms with Crippen LogP contribution in [0.25, 0.3) is 5.69 Å². The van der Waals surface area contributed by atoms with Gasteiger partial charge in [-0.3, -0.25) is 4.57 Å². The van der Waals surface area contributed by atoms with E-state index in [-0.39, 0.29) is 23.6 Å². The lowest BCUT2D eigenvalue weighted by Gasteiger charge is -2.21. The van der Waals surface area contributed by atoms with Gasteiger partial charge in [0.1, 0.15) is 0 Å². The van der Waals surface area contributed by atoms with E-state index in [0.717, 1.165) is 34.4 Å². The lowest BCUT2D eigenvalue weighted by atomic mass is 9.93. The van der Waals surface area contributed by atoms with E-state index >= 15 is 0 Å². The molecule has 2 aliphatic rings. The van der Waals surface area contributed by atoms with Crippen LogP contribution in [0, 0.1) is 34.6 Å². The highest BCUT2D eigenvalue weighted by molar-refractivity contribution is 5.66. The molecule has 0 saturated carbocycles. The number of fused-ring (bicyclic) bond motifs is 5. The normalized spacial score (nSPS) is 21.3. The Hall–Kier alpha value is -2.16. The van der Waals surface area contributed by atoms with Crippen LogP contribution in [0.3, 0.4) is 0 Å². The van der Waals surface area contributed by atoms with Crippen molar-refractivity contribution in [2.24, 2.45) is 0 Å². The van der Waals surface area contributed by atoms with Gasteiger partial charge in [-0.05, 0) is 68.9 Å². The lowest BCUT2D eigenvalue weighted by Crippen LogP contribution is -2.06. The predicted octanol–water partition coefficient (Wildman–Crippen LogP) is 4.57. The van der Waals surface area contributed by atoms with E-state index in [4.69, 9.17) is 0 Å². The summed E-state index contributed by atoms with van der Waals surface area (Å²) in [5.41, 5.74) is 8.72. The summed E-state index contributed by atoms with van der Waals surface area (Å²) in [7, 11) is 0. The summed E-state index contributed by atoms with van der Waals surface area (Å²) in [6, 6.07) is 0. The molecular weight excluding hydrogens is 286 g/mol. The third-order valence-corrected chi connectivity index (χ3v) is 6.20. The van der Waals surface area contributed by atoms with Gasteiger partial charge in [-0.25, -0.2) is 0 Å². The molecule has 0 spiro atoms. The zero-order chi connectivity index (χ0) is 16.6. The Morgan fingerprint density at radius 2 is 1.13 bits per heavy atom. The number of allylic oxidation sites excluding steroid dienone is 2. The van der Waals surface area contributed by atoms with Crippen LogP contribution in [-0.4, -0.2) is 14.8 Å². The molecule has 2 bridgehead atoms. The van der Waals surface area contributed by atoms with Gasteiger partial charge in [0.15, 0.2) is 0 Å². The maximum Gasteiger partial charge on any atom is 0.202 e. The molecule has 2 aliphatic carbocycles. The van der Waals surface area contributed by atoms with Gasteiger partial charge in [0.05, 0.1) is 5.69 Å². The monoisotopic (exact) mass is 309 g/mol. The number of rotatable bonds is 1. The van der Waals surface area contributed by atoms with E-state index in [9.17, 15) is 10.2 Å². The van der Waals surface area contributed by atoms with Crippen molar-refractivity contribution in [3.63, 3.8) is 0 Å². The first-order chi connectivity index (χ1) is 10.8. The zero-order valence-corrected chi connectivity index (χ0v) is 14.4. The Balaban J connectivity index is 2.06. The van der Waals surface area contributed by atoms with Crippen molar-refractivity contribution in [2.45, 2.75) is 52.9 Å². The minimum atomic E-state index is 0.211. The smallest absolute Gasteiger partial charge is 0.202 e. The summed E-state index contributed by atoms with van der Waals surface area (Å²) >= 11 is 0. The van der Waals surface area contributed by atoms with E-state index in [1.807, 2.05) is 0 Å². The molecule has 0 saturated heterocycles. The fourth-order valence-corrected chi connectivity index (χ4v) is 4.47. The number of hydrogen-bond acceptors (Lipinski definition) is 2. The molecule has 23 heavy (non-hydrogen) atoms. The molecule has 0 amide bonds. The van der Waals surface area contributed by atoms with Crippen molar-refractivity contribution in [3.05, 3.63) is 51.1 Å². The maximum atomic E-state index is 10.9. The topological polar surface area (TPSA) is 45.4 Å². The lowest BCUT2D eigenvalue weighted by molar-refractivity contribution is 0.394. The first-order valence-corrected chi connectivity index (χ1v) is 8.26. The molecule has 1 aromatic heterocycles. The Morgan fingerprint density at radius 3 is 1.57 bits per heavy atom. The Kier molecular flexibility index (Phi) is 2.78. The molecule has 2 unspecified atom stereocenters. The average molecular weight is 309 g/mol. The first kappa shape index (κ1) is 14.4. The van der Waals surface area contributed by atoms with Crippen molar-refractivity contribution >= 4 is 0 Å². The Bertz CT molecular complexity index is 822. The van der Waals surface area contributed by atoms with Gasteiger partial charge in [0.25, 0.3) is 0 Å². The second-order valence-corrected chi connectivity index (χ2v) is 7.12. The number of nitrogens with zero attached hydrogens (tertiary/aromatic N) is 1. The van der Waals surface area contributed by atoms with Gasteiger partial charge >= 0.3 is 0 Å². The van der Waals surface area contributed by atoms with Gasteiger partial charge in [-0.15, -0.1) is 0 Å². The molecule has 2 N–H and O–H groups in total. The highest BCUT2D eigenvalue weighted by atomic mass is 16.3. The van der Waals surface area contributed by atoms with E-state index < -0.39 is 0 Å². The zero-order valence-electron chi connectivity index (χ0n) is 14.4. The van der Waals surface area contributed by atoms with Crippen LogP contribution in [0.1, 0.15) is 57.2 Å². The van der Waals surface area contributed by atoms with Gasteiger partial charge < -0.3 is 10.2 Å². The molecule has 120 valence electrons. The van der Waals surface area contributed by atoms with Crippen LogP contribution in [-0.2, 0) is 0 Å². The van der Waals surface area contributed by atoms with Crippen LogP contribution >= 0.6 is 0 Å². The minimum Gasteiger partial charge on any atom is -0.494 e. The quantitative estimate of drug-likeness (QED) is 0.758. The predicted molar refractivity (Wildman–Crippen MR) is 92.0 cm³/mol. The molecule has 0 aliphatic heterocycles. The summed E-state index contributed by atoms with van der Waals surface area (Å²) in [5, 5.41) is 21.8. The molecule has 2 aromatic rings. The Morgan fingerprint density at radius 1 is 0.739 bits per heavy atom. The van der Waals surface area contributed by atoms with Crippen LogP contribution < -0.4 is 0 Å². The molecular formula is C20H23NO2. The summed E-state index contributed by atoms with van der Waals surface area (Å²) in [4.78, 5) is 0. The first-order valence-electron chi connectivity index (χ1n) is 8.26. The van der Waals surface area contributed by atoms with Gasteiger partial charge in [0.2, 0.25) is 11.8 Å². The van der Waals surface area contributed by atoms with E-state index in [1.165, 1.54) is 16.7 Å². The molecule has 2 atom stereocenters.